The number of hydrogen-bond acceptors (Lipinski definition) is 5. The van der Waals surface area contributed by atoms with Gasteiger partial charge in [0.2, 0.25) is 0 Å². The number of hydrogen-bond donors (Lipinski definition) is 1. The molecule has 1 aliphatic heterocycles. The first-order valence-corrected chi connectivity index (χ1v) is 7.21. The topological polar surface area (TPSA) is 92.6 Å². The highest BCUT2D eigenvalue weighted by Gasteiger charge is 2.59. The summed E-state index contributed by atoms with van der Waals surface area (Å²) in [5.74, 6) is 2.10. The smallest absolute Gasteiger partial charge is 0.274 e. The first-order valence-electron chi connectivity index (χ1n) is 7.21. The van der Waals surface area contributed by atoms with Gasteiger partial charge in [-0.2, -0.15) is 5.21 Å². The Kier molecular flexibility index (Phi) is 2.60. The van der Waals surface area contributed by atoms with Crippen LogP contribution in [0.1, 0.15) is 42.1 Å². The molecule has 1 aliphatic carbocycles. The third kappa shape index (κ3) is 1.93. The maximum Gasteiger partial charge on any atom is 0.274 e. The van der Waals surface area contributed by atoms with Crippen molar-refractivity contribution in [2.75, 3.05) is 13.1 Å². The van der Waals surface area contributed by atoms with Gasteiger partial charge in [-0.3, -0.25) is 4.79 Å². The van der Waals surface area contributed by atoms with Crippen molar-refractivity contribution in [1.82, 2.24) is 35.1 Å². The fourth-order valence-electron chi connectivity index (χ4n) is 3.28. The molecule has 8 nitrogen and oxygen atoms in total. The molecule has 0 radical (unpaired) electrons. The second-order valence-electron chi connectivity index (χ2n) is 6.13. The van der Waals surface area contributed by atoms with E-state index in [0.29, 0.717) is 29.5 Å². The van der Waals surface area contributed by atoms with Gasteiger partial charge in [0, 0.05) is 31.2 Å². The summed E-state index contributed by atoms with van der Waals surface area (Å²) in [6.07, 6.45) is 3.55. The number of aromatic amines is 1. The Hall–Kier alpha value is -2.25. The van der Waals surface area contributed by atoms with E-state index in [1.54, 1.807) is 6.33 Å². The van der Waals surface area contributed by atoms with Crippen LogP contribution in [0.5, 0.6) is 0 Å². The summed E-state index contributed by atoms with van der Waals surface area (Å²) >= 11 is 0. The number of imidazole rings is 1. The number of likely N-dealkylation sites (tertiary alicyclic amines) is 1. The van der Waals surface area contributed by atoms with E-state index in [4.69, 9.17) is 0 Å². The van der Waals surface area contributed by atoms with Crippen molar-refractivity contribution in [1.29, 1.82) is 0 Å². The SMILES string of the molecule is CC(C)n1cnc(C(=O)N2CC3C(C2)C3c2nn[nH]n2)c1. The lowest BCUT2D eigenvalue weighted by Crippen LogP contribution is -2.31. The van der Waals surface area contributed by atoms with Crippen LogP contribution in [0.2, 0.25) is 0 Å². The van der Waals surface area contributed by atoms with Crippen LogP contribution in [-0.4, -0.2) is 54.1 Å². The zero-order valence-corrected chi connectivity index (χ0v) is 12.0. The minimum Gasteiger partial charge on any atom is -0.337 e. The number of carbonyl (C=O) groups is 1. The Labute approximate surface area is 121 Å². The molecule has 8 heteroatoms. The summed E-state index contributed by atoms with van der Waals surface area (Å²) in [5.41, 5.74) is 0.529. The molecular weight excluding hydrogens is 270 g/mol. The molecule has 2 aromatic heterocycles. The average Bonchev–Trinajstić information content (AvgIpc) is 3.04. The minimum atomic E-state index is 0.0217. The highest BCUT2D eigenvalue weighted by molar-refractivity contribution is 5.92. The van der Waals surface area contributed by atoms with Crippen molar-refractivity contribution in [3.05, 3.63) is 24.0 Å². The van der Waals surface area contributed by atoms with E-state index in [1.807, 2.05) is 15.7 Å². The molecule has 110 valence electrons. The number of amides is 1. The molecule has 2 atom stereocenters. The molecule has 21 heavy (non-hydrogen) atoms. The lowest BCUT2D eigenvalue weighted by atomic mass is 10.2. The first-order chi connectivity index (χ1) is 10.1. The Bertz CT molecular complexity index is 650. The number of H-pyrrole nitrogens is 1. The van der Waals surface area contributed by atoms with E-state index in [1.165, 1.54) is 0 Å². The van der Waals surface area contributed by atoms with Gasteiger partial charge in [0.05, 0.1) is 6.33 Å². The fourth-order valence-corrected chi connectivity index (χ4v) is 3.28. The van der Waals surface area contributed by atoms with E-state index in [0.717, 1.165) is 18.9 Å². The summed E-state index contributed by atoms with van der Waals surface area (Å²) in [6.45, 7) is 5.65. The minimum absolute atomic E-state index is 0.0217. The molecule has 2 fully saturated rings. The van der Waals surface area contributed by atoms with Crippen LogP contribution >= 0.6 is 0 Å². The second kappa shape index (κ2) is 4.37. The average molecular weight is 287 g/mol. The standard InChI is InChI=1S/C13H17N7O/c1-7(2)20-5-10(14-6-20)13(21)19-3-8-9(4-19)11(8)12-15-17-18-16-12/h5-9,11H,3-4H2,1-2H3,(H,15,16,17,18). The van der Waals surface area contributed by atoms with E-state index >= 15 is 0 Å². The monoisotopic (exact) mass is 287 g/mol. The van der Waals surface area contributed by atoms with Gasteiger partial charge in [-0.05, 0) is 25.7 Å². The Morgan fingerprint density at radius 1 is 1.38 bits per heavy atom. The summed E-state index contributed by atoms with van der Waals surface area (Å²) in [4.78, 5) is 18.6. The molecule has 4 rings (SSSR count). The number of piperidine rings is 1. The third-order valence-electron chi connectivity index (χ3n) is 4.56. The maximum atomic E-state index is 12.4. The fraction of sp³-hybridized carbons (Fsp3) is 0.615. The van der Waals surface area contributed by atoms with Crippen LogP contribution < -0.4 is 0 Å². The molecular formula is C13H17N7O. The van der Waals surface area contributed by atoms with Crippen LogP contribution in [-0.2, 0) is 0 Å². The normalized spacial score (nSPS) is 27.2. The van der Waals surface area contributed by atoms with Gasteiger partial charge in [-0.1, -0.05) is 5.21 Å². The molecule has 0 aromatic carbocycles. The van der Waals surface area contributed by atoms with Crippen molar-refractivity contribution in [3.8, 4) is 0 Å². The third-order valence-corrected chi connectivity index (χ3v) is 4.56. The quantitative estimate of drug-likeness (QED) is 0.885. The van der Waals surface area contributed by atoms with Crippen molar-refractivity contribution in [3.63, 3.8) is 0 Å². The predicted octanol–water partition coefficient (Wildman–Crippen LogP) is 0.463. The zero-order valence-electron chi connectivity index (χ0n) is 12.0. The molecule has 2 aliphatic rings. The first kappa shape index (κ1) is 12.5. The van der Waals surface area contributed by atoms with Gasteiger partial charge in [0.15, 0.2) is 5.82 Å². The van der Waals surface area contributed by atoms with E-state index in [-0.39, 0.29) is 5.91 Å². The summed E-state index contributed by atoms with van der Waals surface area (Å²) in [5, 5.41) is 14.2. The number of nitrogens with one attached hydrogen (secondary N) is 1. The molecule has 0 bridgehead atoms. The molecule has 1 N–H and O–H groups in total. The van der Waals surface area contributed by atoms with Crippen LogP contribution in [0.25, 0.3) is 0 Å². The Morgan fingerprint density at radius 2 is 2.14 bits per heavy atom. The summed E-state index contributed by atoms with van der Waals surface area (Å²) in [6, 6.07) is 0.314. The molecule has 1 saturated heterocycles. The molecule has 3 heterocycles. The number of rotatable bonds is 3. The van der Waals surface area contributed by atoms with E-state index in [9.17, 15) is 4.79 Å². The number of carbonyl (C=O) groups excluding carboxylic acids is 1. The van der Waals surface area contributed by atoms with Crippen molar-refractivity contribution >= 4 is 5.91 Å². The van der Waals surface area contributed by atoms with Crippen LogP contribution in [0.3, 0.4) is 0 Å². The van der Waals surface area contributed by atoms with Crippen molar-refractivity contribution in [2.24, 2.45) is 11.8 Å². The molecule has 0 spiro atoms. The van der Waals surface area contributed by atoms with Gasteiger partial charge < -0.3 is 9.47 Å². The van der Waals surface area contributed by atoms with Gasteiger partial charge in [0.25, 0.3) is 5.91 Å². The van der Waals surface area contributed by atoms with Crippen LogP contribution in [0.15, 0.2) is 12.5 Å². The highest BCUT2D eigenvalue weighted by atomic mass is 16.2. The lowest BCUT2D eigenvalue weighted by Gasteiger charge is -2.17. The largest absolute Gasteiger partial charge is 0.337 e. The van der Waals surface area contributed by atoms with Crippen LogP contribution in [0, 0.1) is 11.8 Å². The molecule has 2 unspecified atom stereocenters. The Morgan fingerprint density at radius 3 is 2.71 bits per heavy atom. The van der Waals surface area contributed by atoms with Gasteiger partial charge in [0.1, 0.15) is 5.69 Å². The second-order valence-corrected chi connectivity index (χ2v) is 6.13. The van der Waals surface area contributed by atoms with Gasteiger partial charge >= 0.3 is 0 Å². The van der Waals surface area contributed by atoms with Crippen LogP contribution in [0.4, 0.5) is 0 Å². The number of nitrogens with zero attached hydrogens (tertiary/aromatic N) is 6. The number of aromatic nitrogens is 6. The van der Waals surface area contributed by atoms with E-state index < -0.39 is 0 Å². The molecule has 2 aromatic rings. The highest BCUT2D eigenvalue weighted by Crippen LogP contribution is 2.57. The molecule has 1 saturated carbocycles. The van der Waals surface area contributed by atoms with Gasteiger partial charge in [-0.15, -0.1) is 10.2 Å². The van der Waals surface area contributed by atoms with E-state index in [2.05, 4.69) is 39.5 Å². The summed E-state index contributed by atoms with van der Waals surface area (Å²) in [7, 11) is 0. The van der Waals surface area contributed by atoms with Crippen molar-refractivity contribution in [2.45, 2.75) is 25.8 Å². The summed E-state index contributed by atoms with van der Waals surface area (Å²) < 4.78 is 1.95. The van der Waals surface area contributed by atoms with Crippen molar-refractivity contribution < 1.29 is 4.79 Å². The molecule has 1 amide bonds. The Balaban J connectivity index is 1.42. The predicted molar refractivity (Wildman–Crippen MR) is 72.4 cm³/mol. The number of tetrazole rings is 1. The zero-order chi connectivity index (χ0) is 14.6. The lowest BCUT2D eigenvalue weighted by molar-refractivity contribution is 0.0767. The maximum absolute atomic E-state index is 12.4. The van der Waals surface area contributed by atoms with Gasteiger partial charge in [-0.25, -0.2) is 4.98 Å². The number of fused-ring (bicyclic) bond motifs is 1.